The Hall–Kier alpha value is -3.10. The third kappa shape index (κ3) is 58.6. The van der Waals surface area contributed by atoms with E-state index in [1.54, 1.807) is 0 Å². The Labute approximate surface area is 469 Å². The van der Waals surface area contributed by atoms with E-state index in [1.807, 2.05) is 21.1 Å². The van der Waals surface area contributed by atoms with Crippen LogP contribution in [0.25, 0.3) is 0 Å². The number of carbonyl (C=O) groups is 1. The van der Waals surface area contributed by atoms with Crippen molar-refractivity contribution in [2.45, 2.75) is 257 Å². The maximum absolute atomic E-state index is 13.0. The van der Waals surface area contributed by atoms with Crippen LogP contribution in [0.1, 0.15) is 245 Å². The van der Waals surface area contributed by atoms with E-state index in [0.29, 0.717) is 23.9 Å². The number of phosphoric acid groups is 1. The molecule has 8 nitrogen and oxygen atoms in total. The molecule has 0 heterocycles. The maximum atomic E-state index is 13.0. The standard InChI is InChI=1S/C67H117N2O6P/c1-6-8-10-12-14-16-18-20-22-23-24-25-26-27-28-29-30-31-32-33-34-35-36-37-38-39-40-41-42-43-44-45-47-49-51-53-55-57-59-61-67(71)68-65(64-75-76(72,73)74-63-62-69(3,4)5)66(70)60-58-56-54-52-50-48-46-21-19-17-15-13-11-9-7-2/h8,10,14,16,20,22,24-25,27-28,30-31,33-34,36-37,39-40,42-43,65-66,70H,6-7,9,11-13,15,17-19,21,23,26,29,32,35,38,41,44-64H2,1-5H3,(H-,68,71,72,73)/b10-8-,16-14-,22-20-,25-24-,28-27-,31-30-,34-33-,37-36-,40-39-,43-42-. The summed E-state index contributed by atoms with van der Waals surface area (Å²) in [6, 6.07) is -0.813. The highest BCUT2D eigenvalue weighted by molar-refractivity contribution is 7.45. The summed E-state index contributed by atoms with van der Waals surface area (Å²) in [5.74, 6) is -0.177. The molecule has 0 aliphatic carbocycles. The predicted octanol–water partition coefficient (Wildman–Crippen LogP) is 18.7. The molecule has 3 unspecified atom stereocenters. The minimum absolute atomic E-state index is 0.00509. The molecule has 0 radical (unpaired) electrons. The van der Waals surface area contributed by atoms with Crippen LogP contribution in [-0.2, 0) is 18.4 Å². The van der Waals surface area contributed by atoms with Crippen LogP contribution in [0.15, 0.2) is 122 Å². The summed E-state index contributed by atoms with van der Waals surface area (Å²) in [5, 5.41) is 14.0. The van der Waals surface area contributed by atoms with Gasteiger partial charge in [-0.05, 0) is 89.9 Å². The lowest BCUT2D eigenvalue weighted by molar-refractivity contribution is -0.870. The largest absolute Gasteiger partial charge is 0.756 e. The number of aliphatic hydroxyl groups is 1. The molecule has 2 N–H and O–H groups in total. The van der Waals surface area contributed by atoms with Crippen LogP contribution in [-0.4, -0.2) is 68.5 Å². The number of aliphatic hydroxyl groups excluding tert-OH is 1. The van der Waals surface area contributed by atoms with E-state index in [0.717, 1.165) is 109 Å². The van der Waals surface area contributed by atoms with E-state index in [2.05, 4.69) is 141 Å². The number of likely N-dealkylation sites (N-methyl/N-ethyl adjacent to an activating group) is 1. The summed E-state index contributed by atoms with van der Waals surface area (Å²) in [4.78, 5) is 25.5. The van der Waals surface area contributed by atoms with Gasteiger partial charge < -0.3 is 28.8 Å². The van der Waals surface area contributed by atoms with Crippen molar-refractivity contribution in [2.24, 2.45) is 0 Å². The average molecular weight is 1080 g/mol. The van der Waals surface area contributed by atoms with Crippen molar-refractivity contribution >= 4 is 13.7 Å². The first-order chi connectivity index (χ1) is 37.0. The molecule has 0 spiro atoms. The third-order valence-electron chi connectivity index (χ3n) is 13.2. The van der Waals surface area contributed by atoms with E-state index >= 15 is 0 Å². The zero-order valence-corrected chi connectivity index (χ0v) is 50.6. The third-order valence-corrected chi connectivity index (χ3v) is 14.2. The Morgan fingerprint density at radius 3 is 1.17 bits per heavy atom. The number of allylic oxidation sites excluding steroid dienone is 20. The normalized spacial score (nSPS) is 14.7. The van der Waals surface area contributed by atoms with Gasteiger partial charge in [0.1, 0.15) is 13.2 Å². The van der Waals surface area contributed by atoms with Crippen molar-refractivity contribution < 1.29 is 32.9 Å². The minimum Gasteiger partial charge on any atom is -0.756 e. The van der Waals surface area contributed by atoms with Gasteiger partial charge in [0.2, 0.25) is 5.91 Å². The number of phosphoric ester groups is 1. The number of nitrogens with one attached hydrogen (secondary N) is 1. The van der Waals surface area contributed by atoms with Gasteiger partial charge in [0.15, 0.2) is 0 Å². The number of carbonyl (C=O) groups excluding carboxylic acids is 1. The molecule has 0 aromatic heterocycles. The van der Waals surface area contributed by atoms with Crippen molar-refractivity contribution in [3.05, 3.63) is 122 Å². The number of amides is 1. The molecular weight excluding hydrogens is 960 g/mol. The number of quaternary nitrogens is 1. The molecule has 0 aliphatic rings. The molecule has 0 saturated carbocycles. The number of unbranched alkanes of at least 4 members (excludes halogenated alkanes) is 22. The Morgan fingerprint density at radius 1 is 0.474 bits per heavy atom. The molecule has 0 bridgehead atoms. The van der Waals surface area contributed by atoms with Crippen LogP contribution >= 0.6 is 7.82 Å². The van der Waals surface area contributed by atoms with Crippen molar-refractivity contribution in [3.8, 4) is 0 Å². The van der Waals surface area contributed by atoms with Gasteiger partial charge in [-0.25, -0.2) is 0 Å². The Kier molecular flexibility index (Phi) is 54.3. The van der Waals surface area contributed by atoms with Crippen molar-refractivity contribution in [1.29, 1.82) is 0 Å². The number of hydrogen-bond acceptors (Lipinski definition) is 6. The first-order valence-corrected chi connectivity index (χ1v) is 32.3. The van der Waals surface area contributed by atoms with Gasteiger partial charge in [0, 0.05) is 6.42 Å². The molecule has 0 saturated heterocycles. The van der Waals surface area contributed by atoms with Gasteiger partial charge in [0.05, 0.1) is 39.9 Å². The van der Waals surface area contributed by atoms with Crippen LogP contribution in [0.5, 0.6) is 0 Å². The Bertz CT molecular complexity index is 1650. The van der Waals surface area contributed by atoms with Crippen molar-refractivity contribution in [2.75, 3.05) is 40.9 Å². The van der Waals surface area contributed by atoms with Crippen LogP contribution in [0.3, 0.4) is 0 Å². The molecule has 0 fully saturated rings. The van der Waals surface area contributed by atoms with Gasteiger partial charge in [-0.1, -0.05) is 270 Å². The van der Waals surface area contributed by atoms with Gasteiger partial charge in [0.25, 0.3) is 7.82 Å². The monoisotopic (exact) mass is 1080 g/mol. The quantitative estimate of drug-likeness (QED) is 0.0272. The summed E-state index contributed by atoms with van der Waals surface area (Å²) >= 11 is 0. The van der Waals surface area contributed by atoms with E-state index in [1.165, 1.54) is 109 Å². The number of nitrogens with zero attached hydrogens (tertiary/aromatic N) is 1. The van der Waals surface area contributed by atoms with Gasteiger partial charge in [-0.15, -0.1) is 0 Å². The molecule has 9 heteroatoms. The van der Waals surface area contributed by atoms with E-state index in [4.69, 9.17) is 9.05 Å². The van der Waals surface area contributed by atoms with Crippen LogP contribution in [0.4, 0.5) is 0 Å². The number of rotatable bonds is 55. The average Bonchev–Trinajstić information content (AvgIpc) is 3.38. The van der Waals surface area contributed by atoms with Crippen molar-refractivity contribution in [1.82, 2.24) is 5.32 Å². The summed E-state index contributed by atoms with van der Waals surface area (Å²) in [6.45, 7) is 4.60. The second kappa shape index (κ2) is 56.6. The highest BCUT2D eigenvalue weighted by Crippen LogP contribution is 2.38. The maximum Gasteiger partial charge on any atom is 0.268 e. The zero-order chi connectivity index (χ0) is 55.6. The molecule has 0 aliphatic heterocycles. The highest BCUT2D eigenvalue weighted by Gasteiger charge is 2.24. The molecule has 436 valence electrons. The lowest BCUT2D eigenvalue weighted by Crippen LogP contribution is -2.46. The van der Waals surface area contributed by atoms with Gasteiger partial charge in [-0.3, -0.25) is 9.36 Å². The summed E-state index contributed by atoms with van der Waals surface area (Å²) < 4.78 is 23.4. The second-order valence-electron chi connectivity index (χ2n) is 21.7. The fraction of sp³-hybridized carbons (Fsp3) is 0.687. The fourth-order valence-corrected chi connectivity index (χ4v) is 9.14. The summed E-state index contributed by atoms with van der Waals surface area (Å²) in [6.07, 6.45) is 83.8. The van der Waals surface area contributed by atoms with Gasteiger partial charge in [-0.2, -0.15) is 0 Å². The molecule has 76 heavy (non-hydrogen) atoms. The predicted molar refractivity (Wildman–Crippen MR) is 329 cm³/mol. The summed E-state index contributed by atoms with van der Waals surface area (Å²) in [5.41, 5.74) is 0. The number of hydrogen-bond donors (Lipinski definition) is 2. The molecule has 0 rings (SSSR count). The van der Waals surface area contributed by atoms with Crippen LogP contribution in [0.2, 0.25) is 0 Å². The first kappa shape index (κ1) is 72.9. The second-order valence-corrected chi connectivity index (χ2v) is 23.1. The molecule has 1 amide bonds. The van der Waals surface area contributed by atoms with Crippen LogP contribution in [0, 0.1) is 0 Å². The van der Waals surface area contributed by atoms with Gasteiger partial charge >= 0.3 is 0 Å². The van der Waals surface area contributed by atoms with Crippen LogP contribution < -0.4 is 10.2 Å². The zero-order valence-electron chi connectivity index (χ0n) is 49.7. The summed E-state index contributed by atoms with van der Waals surface area (Å²) in [7, 11) is 1.29. The molecule has 3 atom stereocenters. The topological polar surface area (TPSA) is 108 Å². The minimum atomic E-state index is -4.58. The lowest BCUT2D eigenvalue weighted by atomic mass is 10.0. The highest BCUT2D eigenvalue weighted by atomic mass is 31.2. The molecular formula is C67H117N2O6P. The Morgan fingerprint density at radius 2 is 0.803 bits per heavy atom. The van der Waals surface area contributed by atoms with Crippen molar-refractivity contribution in [3.63, 3.8) is 0 Å². The fourth-order valence-electron chi connectivity index (χ4n) is 8.42. The van der Waals surface area contributed by atoms with E-state index < -0.39 is 20.0 Å². The molecule has 0 aromatic carbocycles. The Balaban J connectivity index is 4.12. The van der Waals surface area contributed by atoms with E-state index in [-0.39, 0.29) is 19.1 Å². The smallest absolute Gasteiger partial charge is 0.268 e. The first-order valence-electron chi connectivity index (χ1n) is 30.9. The van der Waals surface area contributed by atoms with E-state index in [9.17, 15) is 19.4 Å². The lowest BCUT2D eigenvalue weighted by Gasteiger charge is -2.30. The molecule has 0 aromatic rings. The SMILES string of the molecule is CC/C=C\C/C=C\C/C=C\C/C=C\C/C=C\C/C=C\C/C=C\C/C=C\C/C=C\C/C=C\CCCCCCCCCCC(=O)NC(COP(=O)([O-])OCC[N+](C)(C)C)C(O)CCCCCCCCCCCCCCCCC.